The summed E-state index contributed by atoms with van der Waals surface area (Å²) in [4.78, 5) is 15.1. The minimum absolute atomic E-state index is 0.604. The van der Waals surface area contributed by atoms with Crippen molar-refractivity contribution >= 4 is 85.0 Å². The van der Waals surface area contributed by atoms with Gasteiger partial charge < -0.3 is 4.42 Å². The number of fused-ring (bicyclic) bond motifs is 9. The molecule has 57 heavy (non-hydrogen) atoms. The lowest BCUT2D eigenvalue weighted by atomic mass is 9.93. The number of rotatable bonds is 5. The maximum absolute atomic E-state index is 6.25. The average molecular weight is 764 g/mol. The molecule has 12 aromatic rings. The number of hydrogen-bond acceptors (Lipinski definition) is 6. The largest absolute Gasteiger partial charge is 0.456 e. The van der Waals surface area contributed by atoms with E-state index in [1.54, 1.807) is 11.3 Å². The Kier molecular flexibility index (Phi) is 7.24. The van der Waals surface area contributed by atoms with Gasteiger partial charge in [0.25, 0.3) is 0 Å². The van der Waals surface area contributed by atoms with Crippen LogP contribution in [0.1, 0.15) is 0 Å². The van der Waals surface area contributed by atoms with Crippen LogP contribution < -0.4 is 0 Å². The SMILES string of the molecule is c1ccc(-c2nc(-c3ccc4c(c3)oc3ccccc34)nc(-c3ccc4c(c3)sc3ccc(-c5ccccc5-c5cccc6c5sc5ccccc56)cc34)n2)cc1. The van der Waals surface area contributed by atoms with Crippen molar-refractivity contribution in [1.29, 1.82) is 0 Å². The van der Waals surface area contributed by atoms with E-state index in [4.69, 9.17) is 19.4 Å². The van der Waals surface area contributed by atoms with Crippen LogP contribution in [-0.4, -0.2) is 15.0 Å². The highest BCUT2D eigenvalue weighted by Crippen LogP contribution is 2.44. The smallest absolute Gasteiger partial charge is 0.164 e. The molecule has 0 N–H and O–H groups in total. The van der Waals surface area contributed by atoms with E-state index in [2.05, 4.69) is 121 Å². The number of aromatic nitrogens is 3. The Balaban J connectivity index is 0.967. The molecule has 0 atom stereocenters. The third kappa shape index (κ3) is 5.30. The van der Waals surface area contributed by atoms with Crippen LogP contribution in [0.4, 0.5) is 0 Å². The monoisotopic (exact) mass is 763 g/mol. The maximum Gasteiger partial charge on any atom is 0.164 e. The summed E-state index contributed by atoms with van der Waals surface area (Å²) in [5.41, 5.74) is 9.38. The van der Waals surface area contributed by atoms with E-state index < -0.39 is 0 Å². The molecule has 0 aliphatic carbocycles. The summed E-state index contributed by atoms with van der Waals surface area (Å²) < 4.78 is 11.3. The fourth-order valence-corrected chi connectivity index (χ4v) is 10.6. The normalized spacial score (nSPS) is 11.9. The van der Waals surface area contributed by atoms with Crippen LogP contribution in [-0.2, 0) is 0 Å². The van der Waals surface area contributed by atoms with Crippen molar-refractivity contribution in [2.45, 2.75) is 0 Å². The Bertz CT molecular complexity index is 3540. The van der Waals surface area contributed by atoms with Crippen LogP contribution in [0.5, 0.6) is 0 Å². The van der Waals surface area contributed by atoms with Gasteiger partial charge in [-0.3, -0.25) is 0 Å². The highest BCUT2D eigenvalue weighted by molar-refractivity contribution is 7.26. The lowest BCUT2D eigenvalue weighted by Gasteiger charge is -2.12. The lowest BCUT2D eigenvalue weighted by Crippen LogP contribution is -2.00. The minimum atomic E-state index is 0.604. The molecule has 0 aliphatic heterocycles. The van der Waals surface area contributed by atoms with Crippen molar-refractivity contribution < 1.29 is 4.42 Å². The minimum Gasteiger partial charge on any atom is -0.456 e. The molecule has 0 unspecified atom stereocenters. The fraction of sp³-hybridized carbons (Fsp3) is 0. The molecule has 0 saturated carbocycles. The molecule has 4 heterocycles. The van der Waals surface area contributed by atoms with Crippen LogP contribution in [0.15, 0.2) is 180 Å². The Labute approximate surface area is 335 Å². The number of hydrogen-bond donors (Lipinski definition) is 0. The van der Waals surface area contributed by atoms with E-state index in [0.29, 0.717) is 17.5 Å². The van der Waals surface area contributed by atoms with Crippen LogP contribution in [0.25, 0.3) is 119 Å². The highest BCUT2D eigenvalue weighted by atomic mass is 32.1. The van der Waals surface area contributed by atoms with Gasteiger partial charge in [0, 0.05) is 73.4 Å². The third-order valence-corrected chi connectivity index (χ3v) is 13.3. The third-order valence-electron chi connectivity index (χ3n) is 11.0. The molecule has 6 heteroatoms. The maximum atomic E-state index is 6.25. The van der Waals surface area contributed by atoms with Crippen molar-refractivity contribution in [3.05, 3.63) is 176 Å². The summed E-state index contributed by atoms with van der Waals surface area (Å²) in [5.74, 6) is 1.87. The first kappa shape index (κ1) is 32.3. The summed E-state index contributed by atoms with van der Waals surface area (Å²) in [5, 5.41) is 7.26. The Hall–Kier alpha value is -6.99. The molecule has 0 radical (unpaired) electrons. The predicted octanol–water partition coefficient (Wildman–Crippen LogP) is 14.8. The zero-order valence-corrected chi connectivity index (χ0v) is 31.9. The number of furan rings is 1. The Morgan fingerprint density at radius 3 is 1.77 bits per heavy atom. The molecule has 4 aromatic heterocycles. The summed E-state index contributed by atoms with van der Waals surface area (Å²) >= 11 is 3.68. The van der Waals surface area contributed by atoms with Crippen molar-refractivity contribution in [1.82, 2.24) is 15.0 Å². The van der Waals surface area contributed by atoms with Gasteiger partial charge in [0.05, 0.1) is 0 Å². The highest BCUT2D eigenvalue weighted by Gasteiger charge is 2.18. The molecule has 12 rings (SSSR count). The zero-order valence-electron chi connectivity index (χ0n) is 30.3. The van der Waals surface area contributed by atoms with Gasteiger partial charge in [-0.25, -0.2) is 15.0 Å². The van der Waals surface area contributed by atoms with E-state index in [-0.39, 0.29) is 0 Å². The molecular formula is C51H29N3OS2. The average Bonchev–Trinajstić information content (AvgIpc) is 3.97. The molecule has 4 nitrogen and oxygen atoms in total. The quantitative estimate of drug-likeness (QED) is 0.175. The van der Waals surface area contributed by atoms with Gasteiger partial charge in [-0.15, -0.1) is 22.7 Å². The van der Waals surface area contributed by atoms with Gasteiger partial charge in [0.1, 0.15) is 11.2 Å². The van der Waals surface area contributed by atoms with E-state index in [1.165, 1.54) is 62.6 Å². The van der Waals surface area contributed by atoms with Gasteiger partial charge in [0.15, 0.2) is 17.5 Å². The number of para-hydroxylation sites is 1. The Morgan fingerprint density at radius 2 is 0.912 bits per heavy atom. The number of thiophene rings is 2. The van der Waals surface area contributed by atoms with Gasteiger partial charge in [-0.1, -0.05) is 133 Å². The second-order valence-corrected chi connectivity index (χ2v) is 16.5. The fourth-order valence-electron chi connectivity index (χ4n) is 8.23. The van der Waals surface area contributed by atoms with Crippen molar-refractivity contribution in [3.8, 4) is 56.4 Å². The molecule has 0 bridgehead atoms. The molecule has 0 amide bonds. The topological polar surface area (TPSA) is 51.8 Å². The first-order valence-corrected chi connectivity index (χ1v) is 20.6. The van der Waals surface area contributed by atoms with Gasteiger partial charge in [0.2, 0.25) is 0 Å². The molecule has 0 saturated heterocycles. The van der Waals surface area contributed by atoms with Crippen molar-refractivity contribution in [2.24, 2.45) is 0 Å². The van der Waals surface area contributed by atoms with E-state index in [1.807, 2.05) is 65.9 Å². The van der Waals surface area contributed by atoms with Gasteiger partial charge in [-0.2, -0.15) is 0 Å². The van der Waals surface area contributed by atoms with Crippen molar-refractivity contribution in [2.75, 3.05) is 0 Å². The van der Waals surface area contributed by atoms with Crippen LogP contribution in [0.3, 0.4) is 0 Å². The summed E-state index contributed by atoms with van der Waals surface area (Å²) in [6.45, 7) is 0. The molecular weight excluding hydrogens is 735 g/mol. The van der Waals surface area contributed by atoms with E-state index in [0.717, 1.165) is 38.6 Å². The standard InChI is InChI=1S/C51H29N3OS2/c1-2-11-30(12-3-1)49-52-50(32-21-24-37-36-15-6-8-19-43(36)55-44(37)28-32)54-51(53-49)33-22-25-39-42-27-31(23-26-46(42)56-47(39)29-33)34-13-4-5-14-35(34)40-17-10-18-41-38-16-7-9-20-45(38)57-48(40)41/h1-29H. The van der Waals surface area contributed by atoms with Crippen LogP contribution >= 0.6 is 22.7 Å². The van der Waals surface area contributed by atoms with E-state index >= 15 is 0 Å². The van der Waals surface area contributed by atoms with Crippen LogP contribution in [0, 0.1) is 0 Å². The molecule has 8 aromatic carbocycles. The molecule has 0 aliphatic rings. The van der Waals surface area contributed by atoms with Crippen molar-refractivity contribution in [3.63, 3.8) is 0 Å². The second kappa shape index (κ2) is 12.8. The van der Waals surface area contributed by atoms with Gasteiger partial charge in [-0.05, 0) is 59.2 Å². The second-order valence-electron chi connectivity index (χ2n) is 14.3. The predicted molar refractivity (Wildman–Crippen MR) is 240 cm³/mol. The Morgan fingerprint density at radius 1 is 0.316 bits per heavy atom. The summed E-state index contributed by atoms with van der Waals surface area (Å²) in [6.07, 6.45) is 0. The summed E-state index contributed by atoms with van der Waals surface area (Å²) in [6, 6.07) is 62.2. The lowest BCUT2D eigenvalue weighted by molar-refractivity contribution is 0.669. The first-order chi connectivity index (χ1) is 28.2. The number of nitrogens with zero attached hydrogens (tertiary/aromatic N) is 3. The molecule has 0 spiro atoms. The number of benzene rings is 8. The molecule has 266 valence electrons. The van der Waals surface area contributed by atoms with Gasteiger partial charge >= 0.3 is 0 Å². The van der Waals surface area contributed by atoms with E-state index in [9.17, 15) is 0 Å². The zero-order chi connectivity index (χ0) is 37.5. The summed E-state index contributed by atoms with van der Waals surface area (Å²) in [7, 11) is 0. The molecule has 0 fully saturated rings. The first-order valence-electron chi connectivity index (χ1n) is 18.9. The van der Waals surface area contributed by atoms with Crippen LogP contribution in [0.2, 0.25) is 0 Å².